The molecule has 3 aromatic heterocycles. The summed E-state index contributed by atoms with van der Waals surface area (Å²) in [4.78, 5) is 17.3. The van der Waals surface area contributed by atoms with Crippen molar-refractivity contribution < 1.29 is 10.2 Å². The first-order chi connectivity index (χ1) is 15.0. The first kappa shape index (κ1) is 20.3. The van der Waals surface area contributed by atoms with Crippen LogP contribution in [0, 0.1) is 0 Å². The summed E-state index contributed by atoms with van der Waals surface area (Å²) in [6, 6.07) is 10.4. The van der Waals surface area contributed by atoms with Gasteiger partial charge in [-0.3, -0.25) is 0 Å². The first-order valence-electron chi connectivity index (χ1n) is 10.8. The Balaban J connectivity index is 1.74. The van der Waals surface area contributed by atoms with Crippen molar-refractivity contribution in [1.29, 1.82) is 0 Å². The highest BCUT2D eigenvalue weighted by Crippen LogP contribution is 2.43. The van der Waals surface area contributed by atoms with Crippen LogP contribution in [-0.2, 0) is 12.8 Å². The highest BCUT2D eigenvalue weighted by atomic mass is 32.1. The number of hydrogen-bond donors (Lipinski definition) is 2. The molecule has 2 atom stereocenters. The van der Waals surface area contributed by atoms with Gasteiger partial charge < -0.3 is 15.1 Å². The van der Waals surface area contributed by atoms with Gasteiger partial charge in [-0.25, -0.2) is 15.0 Å². The number of hydrogen-bond acceptors (Lipinski definition) is 7. The summed E-state index contributed by atoms with van der Waals surface area (Å²) in [5, 5.41) is 21.2. The Bertz CT molecular complexity index is 1230. The average molecular weight is 435 g/mol. The molecule has 160 valence electrons. The lowest BCUT2D eigenvalue weighted by Crippen LogP contribution is -2.37. The topological polar surface area (TPSA) is 82.4 Å². The molecule has 1 aliphatic carbocycles. The number of benzene rings is 1. The maximum atomic E-state index is 10.0. The molecule has 0 bridgehead atoms. The Morgan fingerprint density at radius 2 is 1.71 bits per heavy atom. The van der Waals surface area contributed by atoms with E-state index in [0.717, 1.165) is 56.8 Å². The number of pyridine rings is 1. The molecule has 0 fully saturated rings. The normalized spacial score (nSPS) is 15.4. The molecule has 2 unspecified atom stereocenters. The zero-order valence-corrected chi connectivity index (χ0v) is 18.6. The molecule has 5 rings (SSSR count). The van der Waals surface area contributed by atoms with Crippen molar-refractivity contribution in [2.75, 3.05) is 18.0 Å². The summed E-state index contributed by atoms with van der Waals surface area (Å²) in [5.74, 6) is 0.753. The van der Waals surface area contributed by atoms with Crippen LogP contribution in [0.1, 0.15) is 31.4 Å². The first-order valence-corrected chi connectivity index (χ1v) is 11.6. The van der Waals surface area contributed by atoms with Gasteiger partial charge in [0.2, 0.25) is 0 Å². The number of fused-ring (bicyclic) bond motifs is 5. The maximum absolute atomic E-state index is 10.0. The quantitative estimate of drug-likeness (QED) is 0.478. The molecule has 1 aliphatic rings. The SMILES string of the molecule is CC(O)CN(CC(C)O)c1ncnc2c1sc1nc(-c3ccccc3)c3c(c12)CCC3. The van der Waals surface area contributed by atoms with Crippen LogP contribution in [0.2, 0.25) is 0 Å². The molecular weight excluding hydrogens is 408 g/mol. The van der Waals surface area contributed by atoms with Crippen molar-refractivity contribution in [1.82, 2.24) is 15.0 Å². The van der Waals surface area contributed by atoms with Crippen molar-refractivity contribution >= 4 is 37.6 Å². The number of aliphatic hydroxyl groups is 2. The molecule has 0 amide bonds. The standard InChI is InChI=1S/C24H26N4O2S/c1-14(29)11-28(12-15(2)30)23-22-21(25-13-26-23)19-17-9-6-10-18(17)20(27-24(19)31-22)16-7-4-3-5-8-16/h3-5,7-8,13-15,29-30H,6,9-12H2,1-2H3. The molecule has 0 spiro atoms. The fraction of sp³-hybridized carbons (Fsp3) is 0.375. The lowest BCUT2D eigenvalue weighted by Gasteiger charge is -2.26. The van der Waals surface area contributed by atoms with E-state index in [-0.39, 0.29) is 0 Å². The molecule has 31 heavy (non-hydrogen) atoms. The number of thiophene rings is 1. The van der Waals surface area contributed by atoms with Crippen LogP contribution in [0.3, 0.4) is 0 Å². The second-order valence-electron chi connectivity index (χ2n) is 8.40. The summed E-state index contributed by atoms with van der Waals surface area (Å²) in [6.45, 7) is 4.29. The molecular formula is C24H26N4O2S. The fourth-order valence-corrected chi connectivity index (χ4v) is 5.81. The van der Waals surface area contributed by atoms with E-state index >= 15 is 0 Å². The van der Waals surface area contributed by atoms with E-state index in [4.69, 9.17) is 4.98 Å². The molecule has 2 N–H and O–H groups in total. The summed E-state index contributed by atoms with van der Waals surface area (Å²) in [6.07, 6.45) is 3.71. The van der Waals surface area contributed by atoms with Crippen molar-refractivity contribution in [3.05, 3.63) is 47.8 Å². The monoisotopic (exact) mass is 434 g/mol. The van der Waals surface area contributed by atoms with Crippen LogP contribution in [0.25, 0.3) is 31.7 Å². The fourth-order valence-electron chi connectivity index (χ4n) is 4.63. The van der Waals surface area contributed by atoms with E-state index in [1.165, 1.54) is 11.1 Å². The third-order valence-electron chi connectivity index (χ3n) is 5.77. The van der Waals surface area contributed by atoms with Crippen LogP contribution in [0.4, 0.5) is 5.82 Å². The Morgan fingerprint density at radius 3 is 2.42 bits per heavy atom. The smallest absolute Gasteiger partial charge is 0.150 e. The molecule has 6 nitrogen and oxygen atoms in total. The van der Waals surface area contributed by atoms with Crippen molar-refractivity contribution in [2.24, 2.45) is 0 Å². The van der Waals surface area contributed by atoms with Crippen LogP contribution in [0.5, 0.6) is 0 Å². The molecule has 0 saturated heterocycles. The summed E-state index contributed by atoms with van der Waals surface area (Å²) in [7, 11) is 0. The summed E-state index contributed by atoms with van der Waals surface area (Å²) in [5.41, 5.74) is 5.85. The molecule has 4 aromatic rings. The molecule has 1 aromatic carbocycles. The van der Waals surface area contributed by atoms with Gasteiger partial charge in [-0.05, 0) is 44.2 Å². The highest BCUT2D eigenvalue weighted by Gasteiger charge is 2.26. The Labute approximate surface area is 185 Å². The van der Waals surface area contributed by atoms with E-state index in [1.807, 2.05) is 11.0 Å². The number of aliphatic hydroxyl groups excluding tert-OH is 2. The van der Waals surface area contributed by atoms with Crippen LogP contribution in [-0.4, -0.2) is 50.5 Å². The van der Waals surface area contributed by atoms with Gasteiger partial charge in [-0.2, -0.15) is 0 Å². The highest BCUT2D eigenvalue weighted by molar-refractivity contribution is 7.26. The second-order valence-corrected chi connectivity index (χ2v) is 9.40. The number of aryl methyl sites for hydroxylation is 1. The van der Waals surface area contributed by atoms with Crippen molar-refractivity contribution in [3.63, 3.8) is 0 Å². The molecule has 0 aliphatic heterocycles. The van der Waals surface area contributed by atoms with Gasteiger partial charge in [0.25, 0.3) is 0 Å². The van der Waals surface area contributed by atoms with E-state index in [9.17, 15) is 10.2 Å². The van der Waals surface area contributed by atoms with E-state index in [0.29, 0.717) is 13.1 Å². The van der Waals surface area contributed by atoms with Gasteiger partial charge in [0.05, 0.1) is 28.1 Å². The Hall–Kier alpha value is -2.61. The summed E-state index contributed by atoms with van der Waals surface area (Å²) >= 11 is 1.60. The van der Waals surface area contributed by atoms with Gasteiger partial charge in [-0.1, -0.05) is 30.3 Å². The minimum absolute atomic E-state index is 0.395. The molecule has 7 heteroatoms. The van der Waals surface area contributed by atoms with Crippen LogP contribution >= 0.6 is 11.3 Å². The zero-order chi connectivity index (χ0) is 21.5. The Morgan fingerprint density at radius 1 is 1.00 bits per heavy atom. The largest absolute Gasteiger partial charge is 0.392 e. The Kier molecular flexibility index (Phi) is 5.33. The van der Waals surface area contributed by atoms with Gasteiger partial charge in [0, 0.05) is 24.0 Å². The maximum Gasteiger partial charge on any atom is 0.150 e. The number of rotatable bonds is 6. The second kappa shape index (κ2) is 8.15. The number of aromatic nitrogens is 3. The lowest BCUT2D eigenvalue weighted by atomic mass is 10.0. The minimum atomic E-state index is -0.537. The molecule has 0 saturated carbocycles. The molecule has 3 heterocycles. The van der Waals surface area contributed by atoms with Gasteiger partial charge in [-0.15, -0.1) is 11.3 Å². The van der Waals surface area contributed by atoms with E-state index in [1.54, 1.807) is 31.5 Å². The van der Waals surface area contributed by atoms with Gasteiger partial charge in [0.15, 0.2) is 0 Å². The van der Waals surface area contributed by atoms with Crippen molar-refractivity contribution in [2.45, 2.75) is 45.3 Å². The molecule has 0 radical (unpaired) electrons. The van der Waals surface area contributed by atoms with Crippen LogP contribution in [0.15, 0.2) is 36.7 Å². The number of nitrogens with zero attached hydrogens (tertiary/aromatic N) is 4. The summed E-state index contributed by atoms with van der Waals surface area (Å²) < 4.78 is 0.964. The average Bonchev–Trinajstić information content (AvgIpc) is 3.36. The predicted molar refractivity (Wildman–Crippen MR) is 126 cm³/mol. The zero-order valence-electron chi connectivity index (χ0n) is 17.7. The predicted octanol–water partition coefficient (Wildman–Crippen LogP) is 3.96. The number of anilines is 1. The van der Waals surface area contributed by atoms with Crippen LogP contribution < -0.4 is 4.90 Å². The van der Waals surface area contributed by atoms with E-state index < -0.39 is 12.2 Å². The van der Waals surface area contributed by atoms with Gasteiger partial charge >= 0.3 is 0 Å². The van der Waals surface area contributed by atoms with Gasteiger partial charge in [0.1, 0.15) is 17.0 Å². The lowest BCUT2D eigenvalue weighted by molar-refractivity contribution is 0.178. The van der Waals surface area contributed by atoms with E-state index in [2.05, 4.69) is 34.2 Å². The van der Waals surface area contributed by atoms with Crippen molar-refractivity contribution in [3.8, 4) is 11.3 Å². The third kappa shape index (κ3) is 3.67. The minimum Gasteiger partial charge on any atom is -0.392 e. The third-order valence-corrected chi connectivity index (χ3v) is 6.84.